The third-order valence-corrected chi connectivity index (χ3v) is 8.89. The molecule has 6 rings (SSSR count). The highest BCUT2D eigenvalue weighted by molar-refractivity contribution is 6.06. The van der Waals surface area contributed by atoms with Gasteiger partial charge in [-0.1, -0.05) is 54.6 Å². The molecule has 2 aromatic carbocycles. The summed E-state index contributed by atoms with van der Waals surface area (Å²) in [5.41, 5.74) is -0.693. The molecule has 226 valence electrons. The molecule has 2 fully saturated rings. The first-order valence-corrected chi connectivity index (χ1v) is 15.0. The number of carbonyl (C=O) groups excluding carboxylic acids is 4. The lowest BCUT2D eigenvalue weighted by Crippen LogP contribution is -2.55. The van der Waals surface area contributed by atoms with Gasteiger partial charge in [-0.05, 0) is 49.1 Å². The number of ether oxygens (including phenoxy) is 2. The Bertz CT molecular complexity index is 1490. The fraction of sp³-hybridized carbons (Fsp3) is 0.455. The van der Waals surface area contributed by atoms with Gasteiger partial charge in [-0.3, -0.25) is 19.2 Å². The largest absolute Gasteiger partial charge is 0.460 e. The van der Waals surface area contributed by atoms with Crippen LogP contribution in [0.2, 0.25) is 0 Å². The van der Waals surface area contributed by atoms with Gasteiger partial charge in [0.25, 0.3) is 5.91 Å². The molecule has 0 aromatic heterocycles. The summed E-state index contributed by atoms with van der Waals surface area (Å²) in [4.78, 5) is 58.0. The Morgan fingerprint density at radius 1 is 1.02 bits per heavy atom. The summed E-state index contributed by atoms with van der Waals surface area (Å²) in [5.74, 6) is -3.33. The van der Waals surface area contributed by atoms with Gasteiger partial charge < -0.3 is 29.7 Å². The minimum Gasteiger partial charge on any atom is -0.460 e. The zero-order valence-electron chi connectivity index (χ0n) is 24.2. The van der Waals surface area contributed by atoms with Gasteiger partial charge >= 0.3 is 5.97 Å². The summed E-state index contributed by atoms with van der Waals surface area (Å²) in [6.45, 7) is 2.32. The average molecular weight is 588 g/mol. The highest BCUT2D eigenvalue weighted by atomic mass is 16.6. The number of benzene rings is 2. The normalized spacial score (nSPS) is 31.8. The van der Waals surface area contributed by atoms with E-state index in [0.29, 0.717) is 24.9 Å². The van der Waals surface area contributed by atoms with Gasteiger partial charge in [0.1, 0.15) is 23.7 Å². The lowest BCUT2D eigenvalue weighted by molar-refractivity contribution is -0.158. The summed E-state index contributed by atoms with van der Waals surface area (Å²) >= 11 is 0. The molecule has 3 amide bonds. The average Bonchev–Trinajstić information content (AvgIpc) is 3.38. The lowest BCUT2D eigenvalue weighted by atomic mass is 9.78. The van der Waals surface area contributed by atoms with Crippen LogP contribution < -0.4 is 10.2 Å². The molecule has 10 nitrogen and oxygen atoms in total. The number of likely N-dealkylation sites (tertiary alicyclic amines) is 1. The fourth-order valence-corrected chi connectivity index (χ4v) is 6.87. The maximum absolute atomic E-state index is 14.6. The number of aliphatic hydroxyl groups excluding tert-OH is 1. The van der Waals surface area contributed by atoms with Crippen LogP contribution in [-0.2, 0) is 28.7 Å². The first kappa shape index (κ1) is 29.1. The van der Waals surface area contributed by atoms with Crippen LogP contribution in [0.1, 0.15) is 32.6 Å². The second-order valence-electron chi connectivity index (χ2n) is 11.7. The van der Waals surface area contributed by atoms with Gasteiger partial charge in [-0.2, -0.15) is 0 Å². The quantitative estimate of drug-likeness (QED) is 0.313. The minimum atomic E-state index is -1.39. The van der Waals surface area contributed by atoms with Crippen molar-refractivity contribution in [3.63, 3.8) is 0 Å². The number of fused-ring (bicyclic) bond motifs is 3. The standard InChI is InChI=1S/C33H37N3O7/c1-21-20-34-26(38)12-5-4-11-25-27(32(41)42-21)28-30(39)36(16-6-7-18-37)29-31(40)35(17-8-15-33(28,29)43-25)24-14-13-22-9-2-3-10-23(22)19-24/h2-4,8-11,13-15,19,21,25,27-29,37H,5-7,12,16-18,20H2,1H3,(H,34,38)/b11-4-/t21-,25-,27+,28+,29-,33+/m0/s1. The number of esters is 1. The van der Waals surface area contributed by atoms with Crippen LogP contribution in [-0.4, -0.2) is 83.8 Å². The zero-order chi connectivity index (χ0) is 30.1. The third kappa shape index (κ3) is 5.23. The van der Waals surface area contributed by atoms with Crippen LogP contribution in [0.4, 0.5) is 5.69 Å². The fourth-order valence-electron chi connectivity index (χ4n) is 6.87. The number of rotatable bonds is 5. The molecule has 4 aliphatic heterocycles. The molecule has 2 aromatic rings. The van der Waals surface area contributed by atoms with Gasteiger partial charge in [0.15, 0.2) is 0 Å². The van der Waals surface area contributed by atoms with E-state index in [1.807, 2.05) is 48.5 Å². The number of hydrogen-bond acceptors (Lipinski definition) is 7. The molecule has 0 aliphatic carbocycles. The lowest BCUT2D eigenvalue weighted by Gasteiger charge is -2.35. The molecule has 2 saturated heterocycles. The number of amides is 3. The summed E-state index contributed by atoms with van der Waals surface area (Å²) < 4.78 is 12.4. The second kappa shape index (κ2) is 11.9. The van der Waals surface area contributed by atoms with Crippen LogP contribution in [0.3, 0.4) is 0 Å². The summed E-state index contributed by atoms with van der Waals surface area (Å²) in [5, 5.41) is 14.3. The molecule has 6 atom stereocenters. The van der Waals surface area contributed by atoms with Gasteiger partial charge in [0.05, 0.1) is 18.6 Å². The van der Waals surface area contributed by atoms with Crippen LogP contribution >= 0.6 is 0 Å². The van der Waals surface area contributed by atoms with Gasteiger partial charge in [-0.25, -0.2) is 0 Å². The van der Waals surface area contributed by atoms with Crippen molar-refractivity contribution in [2.24, 2.45) is 11.8 Å². The Morgan fingerprint density at radius 2 is 1.84 bits per heavy atom. The number of allylic oxidation sites excluding steroid dienone is 1. The summed E-state index contributed by atoms with van der Waals surface area (Å²) in [6.07, 6.45) is 7.39. The smallest absolute Gasteiger partial charge is 0.313 e. The van der Waals surface area contributed by atoms with E-state index in [1.165, 1.54) is 0 Å². The highest BCUT2D eigenvalue weighted by Crippen LogP contribution is 2.53. The van der Waals surface area contributed by atoms with Crippen molar-refractivity contribution in [3.05, 3.63) is 66.8 Å². The summed E-state index contributed by atoms with van der Waals surface area (Å²) in [7, 11) is 0. The van der Waals surface area contributed by atoms with Crippen LogP contribution in [0.5, 0.6) is 0 Å². The Balaban J connectivity index is 1.41. The number of nitrogens with one attached hydrogen (secondary N) is 1. The van der Waals surface area contributed by atoms with Gasteiger partial charge in [-0.15, -0.1) is 0 Å². The minimum absolute atomic E-state index is 0.0366. The number of hydrogen-bond donors (Lipinski definition) is 2. The molecule has 0 bridgehead atoms. The highest BCUT2D eigenvalue weighted by Gasteiger charge is 2.71. The van der Waals surface area contributed by atoms with E-state index < -0.39 is 41.7 Å². The Hall–Kier alpha value is -4.02. The van der Waals surface area contributed by atoms with Crippen molar-refractivity contribution in [2.75, 3.05) is 31.1 Å². The monoisotopic (exact) mass is 587 g/mol. The van der Waals surface area contributed by atoms with Gasteiger partial charge in [0, 0.05) is 31.8 Å². The molecule has 4 heterocycles. The molecule has 0 saturated carbocycles. The molecular formula is C33H37N3O7. The number of nitrogens with zero attached hydrogens (tertiary/aromatic N) is 2. The number of unbranched alkanes of at least 4 members (excludes halogenated alkanes) is 1. The zero-order valence-corrected chi connectivity index (χ0v) is 24.2. The number of aliphatic hydroxyl groups is 1. The SMILES string of the molecule is C[C@H]1CNC(=O)CC/C=C\[C@@H]2O[C@@]34C=CCN(c5ccc6ccccc6c5)C(=O)[C@@H]3N(CCCCO)C(=O)[C@H]4[C@@H]2C(=O)O1. The summed E-state index contributed by atoms with van der Waals surface area (Å²) in [6, 6.07) is 12.7. The molecule has 0 radical (unpaired) electrons. The third-order valence-electron chi connectivity index (χ3n) is 8.89. The predicted molar refractivity (Wildman–Crippen MR) is 159 cm³/mol. The van der Waals surface area contributed by atoms with E-state index in [9.17, 15) is 24.3 Å². The Kier molecular flexibility index (Phi) is 8.07. The van der Waals surface area contributed by atoms with Crippen molar-refractivity contribution in [1.29, 1.82) is 0 Å². The Morgan fingerprint density at radius 3 is 2.65 bits per heavy atom. The predicted octanol–water partition coefficient (Wildman–Crippen LogP) is 2.49. The molecule has 4 aliphatic rings. The van der Waals surface area contributed by atoms with Crippen molar-refractivity contribution in [2.45, 2.75) is 56.5 Å². The molecule has 10 heteroatoms. The topological polar surface area (TPSA) is 125 Å². The van der Waals surface area contributed by atoms with E-state index in [0.717, 1.165) is 10.8 Å². The molecule has 2 N–H and O–H groups in total. The maximum atomic E-state index is 14.6. The van der Waals surface area contributed by atoms with E-state index >= 15 is 0 Å². The van der Waals surface area contributed by atoms with Crippen LogP contribution in [0, 0.1) is 11.8 Å². The number of anilines is 1. The van der Waals surface area contributed by atoms with E-state index in [2.05, 4.69) is 5.32 Å². The van der Waals surface area contributed by atoms with Gasteiger partial charge in [0.2, 0.25) is 11.8 Å². The van der Waals surface area contributed by atoms with E-state index in [1.54, 1.807) is 35.0 Å². The molecule has 1 spiro atoms. The van der Waals surface area contributed by atoms with Crippen molar-refractivity contribution in [1.82, 2.24) is 10.2 Å². The Labute approximate surface area is 250 Å². The van der Waals surface area contributed by atoms with Crippen LogP contribution in [0.15, 0.2) is 66.8 Å². The first-order valence-electron chi connectivity index (χ1n) is 15.0. The van der Waals surface area contributed by atoms with Crippen molar-refractivity contribution in [3.8, 4) is 0 Å². The molecule has 0 unspecified atom stereocenters. The maximum Gasteiger partial charge on any atom is 0.313 e. The van der Waals surface area contributed by atoms with E-state index in [-0.39, 0.29) is 50.4 Å². The van der Waals surface area contributed by atoms with E-state index in [4.69, 9.17) is 9.47 Å². The molecular weight excluding hydrogens is 550 g/mol. The second-order valence-corrected chi connectivity index (χ2v) is 11.7. The molecule has 43 heavy (non-hydrogen) atoms. The van der Waals surface area contributed by atoms with Crippen molar-refractivity contribution < 1.29 is 33.8 Å². The van der Waals surface area contributed by atoms with Crippen LogP contribution in [0.25, 0.3) is 10.8 Å². The van der Waals surface area contributed by atoms with Crippen molar-refractivity contribution >= 4 is 40.2 Å². The first-order chi connectivity index (χ1) is 20.8. The number of carbonyl (C=O) groups is 4. The number of cyclic esters (lactones) is 1.